The summed E-state index contributed by atoms with van der Waals surface area (Å²) in [5.41, 5.74) is 5.14. The first-order valence-corrected chi connectivity index (χ1v) is 9.83. The molecular formula is C22H29N3O5. The highest BCUT2D eigenvalue weighted by Crippen LogP contribution is 2.14. The number of amides is 2. The lowest BCUT2D eigenvalue weighted by Gasteiger charge is -2.21. The molecule has 1 aromatic heterocycles. The van der Waals surface area contributed by atoms with Gasteiger partial charge in [-0.3, -0.25) is 19.7 Å². The summed E-state index contributed by atoms with van der Waals surface area (Å²) < 4.78 is 11.9. The fourth-order valence-electron chi connectivity index (χ4n) is 2.87. The van der Waals surface area contributed by atoms with E-state index in [1.807, 2.05) is 39.8 Å². The molecule has 1 heterocycles. The second-order valence-electron chi connectivity index (χ2n) is 7.16. The molecule has 0 bridgehead atoms. The molecule has 0 saturated heterocycles. The summed E-state index contributed by atoms with van der Waals surface area (Å²) in [6, 6.07) is 9.59. The van der Waals surface area contributed by atoms with Crippen LogP contribution in [0.1, 0.15) is 42.0 Å². The highest BCUT2D eigenvalue weighted by Gasteiger charge is 2.26. The molecule has 2 N–H and O–H groups in total. The van der Waals surface area contributed by atoms with E-state index in [0.29, 0.717) is 17.7 Å². The minimum Gasteiger partial charge on any atom is -0.484 e. The van der Waals surface area contributed by atoms with Gasteiger partial charge in [0, 0.05) is 17.0 Å². The van der Waals surface area contributed by atoms with Crippen molar-refractivity contribution >= 4 is 17.8 Å². The Balaban J connectivity index is 1.91. The number of rotatable bonds is 9. The van der Waals surface area contributed by atoms with Gasteiger partial charge in [0.1, 0.15) is 11.8 Å². The summed E-state index contributed by atoms with van der Waals surface area (Å²) in [4.78, 5) is 36.5. The molecule has 1 aromatic carbocycles. The number of hydrogen-bond acceptors (Lipinski definition) is 5. The number of carbonyl (C=O) groups excluding carboxylic acids is 3. The summed E-state index contributed by atoms with van der Waals surface area (Å²) in [6.07, 6.45) is 0.715. The monoisotopic (exact) mass is 415 g/mol. The van der Waals surface area contributed by atoms with Crippen LogP contribution in [-0.4, -0.2) is 42.2 Å². The Hall–Kier alpha value is -3.29. The Morgan fingerprint density at radius 1 is 1.03 bits per heavy atom. The van der Waals surface area contributed by atoms with Crippen molar-refractivity contribution in [1.29, 1.82) is 0 Å². The van der Waals surface area contributed by atoms with Crippen LogP contribution in [0.25, 0.3) is 0 Å². The number of aryl methyl sites for hydroxylation is 2. The molecule has 2 rings (SSSR count). The molecule has 162 valence electrons. The van der Waals surface area contributed by atoms with Crippen LogP contribution in [0.3, 0.4) is 0 Å². The van der Waals surface area contributed by atoms with Crippen LogP contribution < -0.4 is 15.5 Å². The number of benzene rings is 1. The summed E-state index contributed by atoms with van der Waals surface area (Å²) >= 11 is 0. The Bertz CT molecular complexity index is 869. The van der Waals surface area contributed by atoms with Gasteiger partial charge in [0.25, 0.3) is 11.8 Å². The molecule has 2 atom stereocenters. The van der Waals surface area contributed by atoms with Crippen molar-refractivity contribution in [2.75, 3.05) is 19.1 Å². The molecule has 0 saturated carbocycles. The Kier molecular flexibility index (Phi) is 8.03. The van der Waals surface area contributed by atoms with Gasteiger partial charge in [0.15, 0.2) is 6.61 Å². The van der Waals surface area contributed by atoms with Crippen molar-refractivity contribution in [2.45, 2.75) is 40.2 Å². The number of aromatic nitrogens is 1. The third-order valence-electron chi connectivity index (χ3n) is 4.96. The van der Waals surface area contributed by atoms with E-state index in [1.165, 1.54) is 7.11 Å². The van der Waals surface area contributed by atoms with Gasteiger partial charge in [0.05, 0.1) is 7.11 Å². The van der Waals surface area contributed by atoms with Crippen LogP contribution in [0.2, 0.25) is 0 Å². The molecular weight excluding hydrogens is 386 g/mol. The number of hydrogen-bond donors (Lipinski definition) is 2. The predicted octanol–water partition coefficient (Wildman–Crippen LogP) is 2.57. The maximum atomic E-state index is 12.4. The van der Waals surface area contributed by atoms with Crippen LogP contribution in [0.5, 0.6) is 5.75 Å². The second-order valence-corrected chi connectivity index (χ2v) is 7.16. The van der Waals surface area contributed by atoms with Gasteiger partial charge in [-0.2, -0.15) is 0 Å². The standard InChI is InChI=1S/C22H29N3O5/c1-6-14(2)20(22(28)29-5)23-19(26)13-30-18-11-9-17(10-12-18)21(27)24-25-15(3)7-8-16(25)4/h7-12,14,20H,6,13H2,1-5H3,(H,23,26)(H,24,27)/t14-,20+/m0/s1. The summed E-state index contributed by atoms with van der Waals surface area (Å²) in [7, 11) is 1.29. The van der Waals surface area contributed by atoms with Gasteiger partial charge in [-0.05, 0) is 56.2 Å². The van der Waals surface area contributed by atoms with E-state index in [1.54, 1.807) is 28.9 Å². The van der Waals surface area contributed by atoms with Gasteiger partial charge in [-0.25, -0.2) is 4.79 Å². The molecule has 0 aliphatic carbocycles. The summed E-state index contributed by atoms with van der Waals surface area (Å²) in [6.45, 7) is 7.35. The number of nitrogens with zero attached hydrogens (tertiary/aromatic N) is 1. The van der Waals surface area contributed by atoms with Crippen molar-refractivity contribution in [1.82, 2.24) is 9.99 Å². The van der Waals surface area contributed by atoms with Crippen molar-refractivity contribution < 1.29 is 23.9 Å². The van der Waals surface area contributed by atoms with Gasteiger partial charge < -0.3 is 14.8 Å². The van der Waals surface area contributed by atoms with Crippen molar-refractivity contribution in [3.05, 3.63) is 53.3 Å². The molecule has 8 heteroatoms. The Morgan fingerprint density at radius 3 is 2.17 bits per heavy atom. The third kappa shape index (κ3) is 5.85. The fraction of sp³-hybridized carbons (Fsp3) is 0.409. The van der Waals surface area contributed by atoms with Crippen LogP contribution in [0, 0.1) is 19.8 Å². The topological polar surface area (TPSA) is 98.7 Å². The molecule has 0 fully saturated rings. The largest absolute Gasteiger partial charge is 0.484 e. The Labute approximate surface area is 176 Å². The van der Waals surface area contributed by atoms with Crippen LogP contribution in [0.4, 0.5) is 0 Å². The number of esters is 1. The van der Waals surface area contributed by atoms with Crippen molar-refractivity contribution in [2.24, 2.45) is 5.92 Å². The molecule has 0 aliphatic rings. The summed E-state index contributed by atoms with van der Waals surface area (Å²) in [5.74, 6) is -0.788. The zero-order valence-electron chi connectivity index (χ0n) is 18.0. The highest BCUT2D eigenvalue weighted by atomic mass is 16.5. The van der Waals surface area contributed by atoms with Crippen LogP contribution in [-0.2, 0) is 14.3 Å². The molecule has 8 nitrogen and oxygen atoms in total. The number of carbonyl (C=O) groups is 3. The first-order chi connectivity index (χ1) is 14.3. The minimum absolute atomic E-state index is 0.0632. The van der Waals surface area contributed by atoms with Gasteiger partial charge in [0.2, 0.25) is 0 Å². The second kappa shape index (κ2) is 10.5. The van der Waals surface area contributed by atoms with Gasteiger partial charge in [-0.1, -0.05) is 20.3 Å². The lowest BCUT2D eigenvalue weighted by molar-refractivity contribution is -0.146. The zero-order chi connectivity index (χ0) is 22.3. The van der Waals surface area contributed by atoms with Crippen LogP contribution in [0.15, 0.2) is 36.4 Å². The van der Waals surface area contributed by atoms with E-state index in [0.717, 1.165) is 11.4 Å². The lowest BCUT2D eigenvalue weighted by atomic mass is 9.99. The van der Waals surface area contributed by atoms with Gasteiger partial charge in [-0.15, -0.1) is 0 Å². The smallest absolute Gasteiger partial charge is 0.328 e. The number of nitrogens with one attached hydrogen (secondary N) is 2. The molecule has 2 amide bonds. The van der Waals surface area contributed by atoms with Crippen molar-refractivity contribution in [3.8, 4) is 5.75 Å². The number of methoxy groups -OCH3 is 1. The molecule has 0 spiro atoms. The first-order valence-electron chi connectivity index (χ1n) is 9.83. The normalized spacial score (nSPS) is 12.6. The predicted molar refractivity (Wildman–Crippen MR) is 113 cm³/mol. The molecule has 0 aliphatic heterocycles. The zero-order valence-corrected chi connectivity index (χ0v) is 18.0. The van der Waals surface area contributed by atoms with E-state index in [9.17, 15) is 14.4 Å². The SMILES string of the molecule is CC[C@H](C)[C@@H](NC(=O)COc1ccc(C(=O)Nn2c(C)ccc2C)cc1)C(=O)OC. The maximum absolute atomic E-state index is 12.4. The molecule has 0 unspecified atom stereocenters. The minimum atomic E-state index is -0.720. The average Bonchev–Trinajstić information content (AvgIpc) is 3.07. The lowest BCUT2D eigenvalue weighted by Crippen LogP contribution is -2.47. The quantitative estimate of drug-likeness (QED) is 0.614. The molecule has 0 radical (unpaired) electrons. The van der Waals surface area contributed by atoms with E-state index < -0.39 is 17.9 Å². The van der Waals surface area contributed by atoms with Crippen LogP contribution >= 0.6 is 0 Å². The van der Waals surface area contributed by atoms with Gasteiger partial charge >= 0.3 is 5.97 Å². The Morgan fingerprint density at radius 2 is 1.63 bits per heavy atom. The number of ether oxygens (including phenoxy) is 2. The average molecular weight is 415 g/mol. The van der Waals surface area contributed by atoms with E-state index in [-0.39, 0.29) is 18.4 Å². The van der Waals surface area contributed by atoms with Crippen molar-refractivity contribution in [3.63, 3.8) is 0 Å². The maximum Gasteiger partial charge on any atom is 0.328 e. The fourth-order valence-corrected chi connectivity index (χ4v) is 2.87. The first kappa shape index (κ1) is 23.0. The third-order valence-corrected chi connectivity index (χ3v) is 4.96. The molecule has 30 heavy (non-hydrogen) atoms. The highest BCUT2D eigenvalue weighted by molar-refractivity contribution is 6.00. The van der Waals surface area contributed by atoms with E-state index in [2.05, 4.69) is 10.7 Å². The van der Waals surface area contributed by atoms with E-state index >= 15 is 0 Å². The summed E-state index contributed by atoms with van der Waals surface area (Å²) in [5, 5.41) is 2.65. The molecule has 2 aromatic rings. The van der Waals surface area contributed by atoms with E-state index in [4.69, 9.17) is 9.47 Å².